The van der Waals surface area contributed by atoms with E-state index in [2.05, 4.69) is 26.8 Å². The van der Waals surface area contributed by atoms with Crippen molar-refractivity contribution in [3.63, 3.8) is 0 Å². The van der Waals surface area contributed by atoms with E-state index in [0.717, 1.165) is 44.2 Å². The van der Waals surface area contributed by atoms with Gasteiger partial charge < -0.3 is 10.5 Å². The summed E-state index contributed by atoms with van der Waals surface area (Å²) in [4.78, 5) is 25.1. The first kappa shape index (κ1) is 18.9. The summed E-state index contributed by atoms with van der Waals surface area (Å²) in [6, 6.07) is 2.67. The number of rotatable bonds is 0. The third-order valence-electron chi connectivity index (χ3n) is 11.7. The van der Waals surface area contributed by atoms with Crippen LogP contribution < -0.4 is 5.73 Å². The second-order valence-electron chi connectivity index (χ2n) is 11.9. The van der Waals surface area contributed by atoms with Gasteiger partial charge in [-0.05, 0) is 67.6 Å². The van der Waals surface area contributed by atoms with Gasteiger partial charge in [-0.3, -0.25) is 9.59 Å². The highest BCUT2D eigenvalue weighted by Crippen LogP contribution is 2.80. The molecule has 0 aromatic heterocycles. The monoisotopic (exact) mass is 408 g/mol. The maximum absolute atomic E-state index is 13.0. The molecule has 2 N–H and O–H groups in total. The number of carbonyl (C=O) groups is 2. The van der Waals surface area contributed by atoms with Gasteiger partial charge in [0.1, 0.15) is 5.60 Å². The van der Waals surface area contributed by atoms with Gasteiger partial charge in [0.25, 0.3) is 0 Å². The summed E-state index contributed by atoms with van der Waals surface area (Å²) in [6.45, 7) is 7.04. The summed E-state index contributed by atoms with van der Waals surface area (Å²) in [5, 5.41) is 10.5. The Balaban J connectivity index is 1.54. The van der Waals surface area contributed by atoms with Gasteiger partial charge in [0.05, 0.1) is 11.5 Å². The summed E-state index contributed by atoms with van der Waals surface area (Å²) in [7, 11) is 0. The van der Waals surface area contributed by atoms with Crippen molar-refractivity contribution < 1.29 is 14.3 Å². The quantitative estimate of drug-likeness (QED) is 0.611. The fourth-order valence-electron chi connectivity index (χ4n) is 9.91. The zero-order chi connectivity index (χ0) is 21.3. The maximum atomic E-state index is 13.0. The first-order valence-electron chi connectivity index (χ1n) is 11.8. The molecule has 1 aliphatic heterocycles. The van der Waals surface area contributed by atoms with Crippen LogP contribution in [-0.4, -0.2) is 17.4 Å². The average Bonchev–Trinajstić information content (AvgIpc) is 3.33. The van der Waals surface area contributed by atoms with Crippen molar-refractivity contribution in [2.75, 3.05) is 0 Å². The molecule has 5 aliphatic carbocycles. The molecule has 30 heavy (non-hydrogen) atoms. The first-order valence-corrected chi connectivity index (χ1v) is 11.8. The number of ether oxygens (including phenoxy) is 1. The van der Waals surface area contributed by atoms with Crippen molar-refractivity contribution in [1.29, 1.82) is 5.26 Å². The number of fused-ring (bicyclic) bond motifs is 7. The molecule has 0 aromatic rings. The van der Waals surface area contributed by atoms with Gasteiger partial charge in [0, 0.05) is 35.4 Å². The number of ketones is 1. The molecule has 6 aliphatic rings. The summed E-state index contributed by atoms with van der Waals surface area (Å²) in [5.41, 5.74) is 6.76. The lowest BCUT2D eigenvalue weighted by Gasteiger charge is -2.68. The lowest BCUT2D eigenvalue weighted by molar-refractivity contribution is -0.210. The lowest BCUT2D eigenvalue weighted by Crippen LogP contribution is -2.65. The van der Waals surface area contributed by atoms with Gasteiger partial charge in [0.15, 0.2) is 5.78 Å². The molecule has 5 heteroatoms. The van der Waals surface area contributed by atoms with Crippen LogP contribution in [0.1, 0.15) is 78.6 Å². The minimum Gasteiger partial charge on any atom is -0.458 e. The molecule has 0 aromatic carbocycles. The highest BCUT2D eigenvalue weighted by Gasteiger charge is 2.78. The highest BCUT2D eigenvalue weighted by molar-refractivity contribution is 6.00. The molecule has 5 nitrogen and oxygen atoms in total. The van der Waals surface area contributed by atoms with E-state index in [1.54, 1.807) is 0 Å². The maximum Gasteiger partial charge on any atom is 0.306 e. The molecular weight excluding hydrogens is 376 g/mol. The second kappa shape index (κ2) is 5.14. The van der Waals surface area contributed by atoms with E-state index in [4.69, 9.17) is 10.5 Å². The number of hydrogen-bond acceptors (Lipinski definition) is 5. The van der Waals surface area contributed by atoms with Gasteiger partial charge >= 0.3 is 5.97 Å². The normalized spacial score (nSPS) is 56.0. The number of esters is 1. The number of hydrogen-bond donors (Lipinski definition) is 1. The molecule has 8 atom stereocenters. The molecule has 5 unspecified atom stereocenters. The van der Waals surface area contributed by atoms with E-state index in [9.17, 15) is 14.9 Å². The fourth-order valence-corrected chi connectivity index (χ4v) is 9.91. The molecule has 6 rings (SSSR count). The topological polar surface area (TPSA) is 93.2 Å². The Morgan fingerprint density at radius 3 is 2.43 bits per heavy atom. The number of allylic oxidation sites excluding steroid dienone is 2. The van der Waals surface area contributed by atoms with E-state index >= 15 is 0 Å². The summed E-state index contributed by atoms with van der Waals surface area (Å²) in [6.07, 6.45) is 7.37. The minimum atomic E-state index is -0.730. The Hall–Kier alpha value is -1.83. The number of nitrogens with two attached hydrogens (primary N) is 1. The van der Waals surface area contributed by atoms with E-state index < -0.39 is 5.41 Å². The summed E-state index contributed by atoms with van der Waals surface area (Å²) >= 11 is 0. The van der Waals surface area contributed by atoms with Crippen LogP contribution in [0.4, 0.5) is 0 Å². The van der Waals surface area contributed by atoms with Crippen LogP contribution in [-0.2, 0) is 14.3 Å². The number of nitrogens with zero attached hydrogens (tertiary/aromatic N) is 1. The van der Waals surface area contributed by atoms with Gasteiger partial charge in [-0.15, -0.1) is 0 Å². The molecule has 1 saturated heterocycles. The molecule has 4 saturated carbocycles. The van der Waals surface area contributed by atoms with Gasteiger partial charge in [-0.1, -0.05) is 20.8 Å². The number of Topliss-reactive ketones (excluding diaryl/α,β-unsaturated/α-hetero) is 1. The molecule has 2 bridgehead atoms. The minimum absolute atomic E-state index is 0.0437. The van der Waals surface area contributed by atoms with E-state index in [-0.39, 0.29) is 39.5 Å². The van der Waals surface area contributed by atoms with Crippen LogP contribution in [0.25, 0.3) is 0 Å². The van der Waals surface area contributed by atoms with Gasteiger partial charge in [-0.25, -0.2) is 0 Å². The second-order valence-corrected chi connectivity index (χ2v) is 11.9. The predicted octanol–water partition coefficient (Wildman–Crippen LogP) is 4.02. The molecular formula is C25H32N2O3. The van der Waals surface area contributed by atoms with Crippen LogP contribution in [0.5, 0.6) is 0 Å². The first-order chi connectivity index (χ1) is 14.1. The third-order valence-corrected chi connectivity index (χ3v) is 11.7. The van der Waals surface area contributed by atoms with Gasteiger partial charge in [-0.2, -0.15) is 5.26 Å². The highest BCUT2D eigenvalue weighted by atomic mass is 16.6. The Morgan fingerprint density at radius 1 is 1.03 bits per heavy atom. The smallest absolute Gasteiger partial charge is 0.306 e. The van der Waals surface area contributed by atoms with Crippen LogP contribution in [0, 0.1) is 50.7 Å². The van der Waals surface area contributed by atoms with E-state index in [1.165, 1.54) is 0 Å². The fraction of sp³-hybridized carbons (Fsp3) is 0.800. The molecule has 0 radical (unpaired) electrons. The van der Waals surface area contributed by atoms with Crippen molar-refractivity contribution in [2.45, 2.75) is 84.2 Å². The van der Waals surface area contributed by atoms with E-state index in [0.29, 0.717) is 36.7 Å². The Labute approximate surface area is 178 Å². The Bertz CT molecular complexity index is 979. The Morgan fingerprint density at radius 2 is 1.77 bits per heavy atom. The molecule has 160 valence electrons. The molecule has 1 spiro atoms. The summed E-state index contributed by atoms with van der Waals surface area (Å²) < 4.78 is 6.08. The van der Waals surface area contributed by atoms with Crippen LogP contribution in [0.3, 0.4) is 0 Å². The van der Waals surface area contributed by atoms with Crippen molar-refractivity contribution in [3.05, 3.63) is 11.3 Å². The average molecular weight is 409 g/mol. The van der Waals surface area contributed by atoms with Crippen LogP contribution in [0.2, 0.25) is 0 Å². The predicted molar refractivity (Wildman–Crippen MR) is 109 cm³/mol. The zero-order valence-corrected chi connectivity index (χ0v) is 18.3. The molecule has 1 heterocycles. The SMILES string of the molecule is CC12CCC3(C)C(CC[C@@]34CCC(=O)O4)C1[C@@H]1C[C@]3(C#N)C(=C1N)C(=O)CCC23C. The number of nitriles is 1. The Kier molecular flexibility index (Phi) is 3.24. The van der Waals surface area contributed by atoms with Crippen LogP contribution >= 0.6 is 0 Å². The zero-order valence-electron chi connectivity index (χ0n) is 18.3. The van der Waals surface area contributed by atoms with E-state index in [1.807, 2.05) is 0 Å². The van der Waals surface area contributed by atoms with Crippen molar-refractivity contribution in [3.8, 4) is 6.07 Å². The van der Waals surface area contributed by atoms with Gasteiger partial charge in [0.2, 0.25) is 0 Å². The molecule has 0 amide bonds. The van der Waals surface area contributed by atoms with Crippen LogP contribution in [0.15, 0.2) is 11.3 Å². The third kappa shape index (κ3) is 1.62. The standard InChI is InChI=1S/C25H32N2O3/c1-21-10-11-22(2)18(15(21)4-8-25(21)9-6-17(29)30-25)14-12-24(13-26)19(20(14)27)16(28)5-7-23(22,24)3/h14-15,18H,4-12,27H2,1-3H3/t14-,15?,18?,21?,22?,23?,24-,25+/m0/s1. The van der Waals surface area contributed by atoms with Crippen molar-refractivity contribution in [2.24, 2.45) is 45.1 Å². The lowest BCUT2D eigenvalue weighted by atomic mass is 9.34. The largest absolute Gasteiger partial charge is 0.458 e. The number of carbonyl (C=O) groups excluding carboxylic acids is 2. The summed E-state index contributed by atoms with van der Waals surface area (Å²) in [5.74, 6) is 0.899. The molecule has 5 fully saturated rings. The van der Waals surface area contributed by atoms with Crippen molar-refractivity contribution in [1.82, 2.24) is 0 Å². The van der Waals surface area contributed by atoms with Crippen molar-refractivity contribution >= 4 is 11.8 Å².